The van der Waals surface area contributed by atoms with Crippen LogP contribution in [0.4, 0.5) is 0 Å². The van der Waals surface area contributed by atoms with Crippen LogP contribution in [0.15, 0.2) is 5.16 Å². The Morgan fingerprint density at radius 2 is 1.71 bits per heavy atom. The average Bonchev–Trinajstić information content (AvgIpc) is 2.23. The Balaban J connectivity index is 4.01. The molecule has 0 amide bonds. The van der Waals surface area contributed by atoms with Gasteiger partial charge in [-0.05, 0) is 19.3 Å². The standard InChI is InChI=1S/C10H23N3O/c1-4-8(5-2)12-9(6-3)7-10(11)13-14/h8-9,12,14H,4-7H2,1-3H3,(H2,11,13). The van der Waals surface area contributed by atoms with Gasteiger partial charge in [0, 0.05) is 18.5 Å². The van der Waals surface area contributed by atoms with E-state index in [0.717, 1.165) is 19.3 Å². The lowest BCUT2D eigenvalue weighted by atomic mass is 10.1. The molecule has 0 aromatic heterocycles. The lowest BCUT2D eigenvalue weighted by Crippen LogP contribution is -2.39. The van der Waals surface area contributed by atoms with Gasteiger partial charge in [-0.1, -0.05) is 25.9 Å². The van der Waals surface area contributed by atoms with Gasteiger partial charge in [-0.25, -0.2) is 0 Å². The highest BCUT2D eigenvalue weighted by Crippen LogP contribution is 2.04. The Morgan fingerprint density at radius 3 is 2.07 bits per heavy atom. The first-order chi connectivity index (χ1) is 6.67. The highest BCUT2D eigenvalue weighted by atomic mass is 16.4. The third kappa shape index (κ3) is 5.07. The summed E-state index contributed by atoms with van der Waals surface area (Å²) in [6.07, 6.45) is 3.84. The number of amidine groups is 1. The molecule has 0 saturated carbocycles. The fraction of sp³-hybridized carbons (Fsp3) is 0.900. The summed E-state index contributed by atoms with van der Waals surface area (Å²) in [6.45, 7) is 6.43. The molecule has 4 heteroatoms. The molecular formula is C10H23N3O. The van der Waals surface area contributed by atoms with Crippen LogP contribution < -0.4 is 11.1 Å². The third-order valence-electron chi connectivity index (χ3n) is 2.53. The lowest BCUT2D eigenvalue weighted by Gasteiger charge is -2.22. The van der Waals surface area contributed by atoms with Gasteiger partial charge in [-0.2, -0.15) is 0 Å². The van der Waals surface area contributed by atoms with E-state index in [2.05, 4.69) is 31.2 Å². The van der Waals surface area contributed by atoms with Gasteiger partial charge in [0.15, 0.2) is 0 Å². The van der Waals surface area contributed by atoms with Crippen LogP contribution >= 0.6 is 0 Å². The fourth-order valence-electron chi connectivity index (χ4n) is 1.47. The molecular weight excluding hydrogens is 178 g/mol. The molecule has 1 unspecified atom stereocenters. The zero-order valence-electron chi connectivity index (χ0n) is 9.45. The summed E-state index contributed by atoms with van der Waals surface area (Å²) >= 11 is 0. The number of nitrogens with zero attached hydrogens (tertiary/aromatic N) is 1. The van der Waals surface area contributed by atoms with E-state index >= 15 is 0 Å². The number of nitrogens with one attached hydrogen (secondary N) is 1. The van der Waals surface area contributed by atoms with E-state index in [1.807, 2.05) is 0 Å². The number of nitrogens with two attached hydrogens (primary N) is 1. The van der Waals surface area contributed by atoms with E-state index in [1.165, 1.54) is 0 Å². The van der Waals surface area contributed by atoms with Crippen molar-refractivity contribution in [3.05, 3.63) is 0 Å². The van der Waals surface area contributed by atoms with E-state index in [-0.39, 0.29) is 0 Å². The summed E-state index contributed by atoms with van der Waals surface area (Å²) in [5.41, 5.74) is 5.47. The van der Waals surface area contributed by atoms with E-state index < -0.39 is 0 Å². The zero-order valence-corrected chi connectivity index (χ0v) is 9.45. The first kappa shape index (κ1) is 13.2. The van der Waals surface area contributed by atoms with Gasteiger partial charge in [0.25, 0.3) is 0 Å². The molecule has 0 aromatic carbocycles. The van der Waals surface area contributed by atoms with Gasteiger partial charge in [0.1, 0.15) is 5.84 Å². The second kappa shape index (κ2) is 7.62. The predicted molar refractivity (Wildman–Crippen MR) is 59.6 cm³/mol. The minimum absolute atomic E-state index is 0.301. The predicted octanol–water partition coefficient (Wildman–Crippen LogP) is 1.68. The minimum atomic E-state index is 0.301. The quantitative estimate of drug-likeness (QED) is 0.254. The SMILES string of the molecule is CCC(CC)NC(CC)CC(N)=NO. The second-order valence-corrected chi connectivity index (χ2v) is 3.58. The molecule has 0 aromatic rings. The van der Waals surface area contributed by atoms with Gasteiger partial charge in [0.2, 0.25) is 0 Å². The van der Waals surface area contributed by atoms with Gasteiger partial charge in [-0.15, -0.1) is 0 Å². The Bertz CT molecular complexity index is 167. The first-order valence-electron chi connectivity index (χ1n) is 5.40. The van der Waals surface area contributed by atoms with Crippen LogP contribution in [0.2, 0.25) is 0 Å². The molecule has 0 rings (SSSR count). The van der Waals surface area contributed by atoms with Crippen molar-refractivity contribution in [2.75, 3.05) is 0 Å². The van der Waals surface area contributed by atoms with E-state index in [9.17, 15) is 0 Å². The Labute approximate surface area is 86.6 Å². The number of rotatable bonds is 7. The maximum absolute atomic E-state index is 8.46. The molecule has 1 atom stereocenters. The fourth-order valence-corrected chi connectivity index (χ4v) is 1.47. The highest BCUT2D eigenvalue weighted by Gasteiger charge is 2.12. The average molecular weight is 201 g/mol. The zero-order chi connectivity index (χ0) is 11.0. The van der Waals surface area contributed by atoms with Crippen molar-refractivity contribution in [3.8, 4) is 0 Å². The largest absolute Gasteiger partial charge is 0.409 e. The molecule has 0 aliphatic rings. The van der Waals surface area contributed by atoms with Crippen molar-refractivity contribution in [2.24, 2.45) is 10.9 Å². The summed E-state index contributed by atoms with van der Waals surface area (Å²) < 4.78 is 0. The molecule has 4 N–H and O–H groups in total. The Hall–Kier alpha value is -0.770. The summed E-state index contributed by atoms with van der Waals surface area (Å²) in [6, 6.07) is 0.849. The number of oxime groups is 1. The van der Waals surface area contributed by atoms with Crippen molar-refractivity contribution >= 4 is 5.84 Å². The van der Waals surface area contributed by atoms with Crippen molar-refractivity contribution < 1.29 is 5.21 Å². The molecule has 0 aliphatic carbocycles. The van der Waals surface area contributed by atoms with Gasteiger partial charge in [0.05, 0.1) is 0 Å². The molecule has 14 heavy (non-hydrogen) atoms. The van der Waals surface area contributed by atoms with Crippen LogP contribution in [-0.2, 0) is 0 Å². The molecule has 0 radical (unpaired) electrons. The van der Waals surface area contributed by atoms with E-state index in [1.54, 1.807) is 0 Å². The Morgan fingerprint density at radius 1 is 1.21 bits per heavy atom. The van der Waals surface area contributed by atoms with Crippen LogP contribution in [0.1, 0.15) is 46.5 Å². The monoisotopic (exact) mass is 201 g/mol. The first-order valence-corrected chi connectivity index (χ1v) is 5.40. The lowest BCUT2D eigenvalue weighted by molar-refractivity contribution is 0.314. The van der Waals surface area contributed by atoms with Crippen LogP contribution in [0.25, 0.3) is 0 Å². The van der Waals surface area contributed by atoms with Crippen molar-refractivity contribution in [1.29, 1.82) is 0 Å². The molecule has 0 heterocycles. The number of hydrogen-bond acceptors (Lipinski definition) is 3. The highest BCUT2D eigenvalue weighted by molar-refractivity contribution is 5.80. The van der Waals surface area contributed by atoms with Crippen LogP contribution in [0.5, 0.6) is 0 Å². The molecule has 0 bridgehead atoms. The maximum Gasteiger partial charge on any atom is 0.140 e. The summed E-state index contributed by atoms with van der Waals surface area (Å²) in [5, 5.41) is 14.9. The topological polar surface area (TPSA) is 70.6 Å². The van der Waals surface area contributed by atoms with Gasteiger partial charge < -0.3 is 16.3 Å². The molecule has 0 fully saturated rings. The smallest absolute Gasteiger partial charge is 0.140 e. The van der Waals surface area contributed by atoms with E-state index in [4.69, 9.17) is 10.9 Å². The number of hydrogen-bond donors (Lipinski definition) is 3. The normalized spacial score (nSPS) is 14.7. The van der Waals surface area contributed by atoms with Crippen molar-refractivity contribution in [1.82, 2.24) is 5.32 Å². The van der Waals surface area contributed by atoms with Crippen LogP contribution in [0, 0.1) is 0 Å². The minimum Gasteiger partial charge on any atom is -0.409 e. The summed E-state index contributed by atoms with van der Waals surface area (Å²) in [5.74, 6) is 0.301. The second-order valence-electron chi connectivity index (χ2n) is 3.58. The van der Waals surface area contributed by atoms with Crippen molar-refractivity contribution in [3.63, 3.8) is 0 Å². The van der Waals surface area contributed by atoms with Crippen LogP contribution in [0.3, 0.4) is 0 Å². The molecule has 0 saturated heterocycles. The Kier molecular flexibility index (Phi) is 7.20. The third-order valence-corrected chi connectivity index (χ3v) is 2.53. The molecule has 0 spiro atoms. The summed E-state index contributed by atoms with van der Waals surface area (Å²) in [7, 11) is 0. The van der Waals surface area contributed by atoms with Crippen LogP contribution in [-0.4, -0.2) is 23.1 Å². The summed E-state index contributed by atoms with van der Waals surface area (Å²) in [4.78, 5) is 0. The van der Waals surface area contributed by atoms with E-state index in [0.29, 0.717) is 24.3 Å². The molecule has 0 aliphatic heterocycles. The van der Waals surface area contributed by atoms with Gasteiger partial charge in [-0.3, -0.25) is 0 Å². The molecule has 4 nitrogen and oxygen atoms in total. The van der Waals surface area contributed by atoms with Crippen molar-refractivity contribution in [2.45, 2.75) is 58.5 Å². The van der Waals surface area contributed by atoms with Gasteiger partial charge >= 0.3 is 0 Å². The molecule has 84 valence electrons. The maximum atomic E-state index is 8.46.